The van der Waals surface area contributed by atoms with E-state index in [0.717, 1.165) is 18.4 Å². The number of aliphatic hydroxyl groups is 1. The lowest BCUT2D eigenvalue weighted by Gasteiger charge is -2.39. The van der Waals surface area contributed by atoms with Crippen molar-refractivity contribution < 1.29 is 9.90 Å². The Balaban J connectivity index is 1.59. The molecular formula is C18H25ClN2O2. The molecule has 0 bridgehead atoms. The number of carbonyl (C=O) groups is 1. The summed E-state index contributed by atoms with van der Waals surface area (Å²) >= 11 is 5.91. The number of halogens is 1. The van der Waals surface area contributed by atoms with Crippen LogP contribution in [0.2, 0.25) is 5.02 Å². The zero-order valence-corrected chi connectivity index (χ0v) is 14.6. The van der Waals surface area contributed by atoms with Crippen molar-refractivity contribution in [2.24, 2.45) is 5.92 Å². The predicted octanol–water partition coefficient (Wildman–Crippen LogP) is 3.52. The molecule has 1 saturated carbocycles. The van der Waals surface area contributed by atoms with Crippen molar-refractivity contribution in [1.29, 1.82) is 0 Å². The van der Waals surface area contributed by atoms with Gasteiger partial charge >= 0.3 is 6.03 Å². The fourth-order valence-corrected chi connectivity index (χ4v) is 3.53. The Labute approximate surface area is 142 Å². The molecule has 1 saturated heterocycles. The van der Waals surface area contributed by atoms with Crippen molar-refractivity contribution >= 4 is 17.6 Å². The largest absolute Gasteiger partial charge is 0.385 e. The van der Waals surface area contributed by atoms with Crippen LogP contribution in [0.15, 0.2) is 24.3 Å². The number of carbonyl (C=O) groups excluding carboxylic acids is 1. The maximum Gasteiger partial charge on any atom is 0.317 e. The number of nitrogens with one attached hydrogen (secondary N) is 1. The summed E-state index contributed by atoms with van der Waals surface area (Å²) in [5, 5.41) is 14.7. The Bertz CT molecular complexity index is 573. The molecule has 1 aliphatic carbocycles. The number of hydrogen-bond donors (Lipinski definition) is 2. The van der Waals surface area contributed by atoms with Crippen LogP contribution < -0.4 is 5.32 Å². The Hall–Kier alpha value is -1.26. The summed E-state index contributed by atoms with van der Waals surface area (Å²) in [6.07, 6.45) is 3.24. The molecule has 126 valence electrons. The van der Waals surface area contributed by atoms with Gasteiger partial charge < -0.3 is 15.3 Å². The van der Waals surface area contributed by atoms with Crippen LogP contribution in [0.5, 0.6) is 0 Å². The second-order valence-corrected chi connectivity index (χ2v) is 7.70. The van der Waals surface area contributed by atoms with E-state index in [1.807, 2.05) is 17.0 Å². The average Bonchev–Trinajstić information content (AvgIpc) is 3.29. The van der Waals surface area contributed by atoms with Crippen molar-refractivity contribution in [2.45, 2.75) is 50.7 Å². The van der Waals surface area contributed by atoms with Crippen molar-refractivity contribution in [3.8, 4) is 0 Å². The SMILES string of the molecule is CC(C)C1(NC(=O)N2CCC(O)(c3ccc(Cl)cc3)CC2)CC1. The van der Waals surface area contributed by atoms with E-state index in [0.29, 0.717) is 36.9 Å². The lowest BCUT2D eigenvalue weighted by Crippen LogP contribution is -2.52. The summed E-state index contributed by atoms with van der Waals surface area (Å²) in [7, 11) is 0. The van der Waals surface area contributed by atoms with Gasteiger partial charge in [-0.2, -0.15) is 0 Å². The van der Waals surface area contributed by atoms with E-state index in [-0.39, 0.29) is 11.6 Å². The van der Waals surface area contributed by atoms with E-state index in [1.54, 1.807) is 12.1 Å². The first-order valence-corrected chi connectivity index (χ1v) is 8.78. The van der Waals surface area contributed by atoms with Crippen molar-refractivity contribution in [3.63, 3.8) is 0 Å². The van der Waals surface area contributed by atoms with E-state index in [1.165, 1.54) is 0 Å². The standard InChI is InChI=1S/C18H25ClN2O2/c1-13(2)17(7-8-17)20-16(22)21-11-9-18(23,10-12-21)14-3-5-15(19)6-4-14/h3-6,13,23H,7-12H2,1-2H3,(H,20,22). The topological polar surface area (TPSA) is 52.6 Å². The van der Waals surface area contributed by atoms with Crippen LogP contribution in [0.1, 0.15) is 45.1 Å². The maximum atomic E-state index is 12.5. The van der Waals surface area contributed by atoms with Crippen LogP contribution >= 0.6 is 11.6 Å². The van der Waals surface area contributed by atoms with E-state index < -0.39 is 5.60 Å². The fourth-order valence-electron chi connectivity index (χ4n) is 3.40. The molecule has 3 rings (SSSR count). The third kappa shape index (κ3) is 3.33. The first-order chi connectivity index (χ1) is 10.8. The molecule has 0 spiro atoms. The van der Waals surface area contributed by atoms with Gasteiger partial charge in [0.2, 0.25) is 0 Å². The molecule has 0 atom stereocenters. The first kappa shape index (κ1) is 16.6. The number of amides is 2. The van der Waals surface area contributed by atoms with Crippen LogP contribution in [0.25, 0.3) is 0 Å². The van der Waals surface area contributed by atoms with Gasteiger partial charge in [-0.05, 0) is 49.3 Å². The molecule has 0 radical (unpaired) electrons. The maximum absolute atomic E-state index is 12.5. The van der Waals surface area contributed by atoms with Gasteiger partial charge in [0, 0.05) is 23.7 Å². The highest BCUT2D eigenvalue weighted by atomic mass is 35.5. The first-order valence-electron chi connectivity index (χ1n) is 8.40. The summed E-state index contributed by atoms with van der Waals surface area (Å²) in [5.74, 6) is 0.460. The average molecular weight is 337 g/mol. The van der Waals surface area contributed by atoms with Crippen LogP contribution in [0.3, 0.4) is 0 Å². The molecule has 2 N–H and O–H groups in total. The van der Waals surface area contributed by atoms with Gasteiger partial charge in [0.1, 0.15) is 0 Å². The highest BCUT2D eigenvalue weighted by molar-refractivity contribution is 6.30. The van der Waals surface area contributed by atoms with Gasteiger partial charge in [-0.15, -0.1) is 0 Å². The molecule has 23 heavy (non-hydrogen) atoms. The van der Waals surface area contributed by atoms with Gasteiger partial charge in [0.15, 0.2) is 0 Å². The molecule has 1 aliphatic heterocycles. The van der Waals surface area contributed by atoms with Crippen LogP contribution in [0, 0.1) is 5.92 Å². The molecule has 2 aliphatic rings. The molecule has 1 heterocycles. The van der Waals surface area contributed by atoms with Gasteiger partial charge in [0.05, 0.1) is 5.60 Å². The number of likely N-dealkylation sites (tertiary alicyclic amines) is 1. The Morgan fingerprint density at radius 3 is 2.22 bits per heavy atom. The monoisotopic (exact) mass is 336 g/mol. The van der Waals surface area contributed by atoms with E-state index in [9.17, 15) is 9.90 Å². The van der Waals surface area contributed by atoms with Gasteiger partial charge in [-0.1, -0.05) is 37.6 Å². The number of benzene rings is 1. The normalized spacial score (nSPS) is 22.0. The Morgan fingerprint density at radius 2 is 1.74 bits per heavy atom. The van der Waals surface area contributed by atoms with Crippen molar-refractivity contribution in [1.82, 2.24) is 10.2 Å². The quantitative estimate of drug-likeness (QED) is 0.887. The number of piperidine rings is 1. The summed E-state index contributed by atoms with van der Waals surface area (Å²) in [5.41, 5.74) is 0.0142. The van der Waals surface area contributed by atoms with Gasteiger partial charge in [-0.3, -0.25) is 0 Å². The minimum Gasteiger partial charge on any atom is -0.385 e. The van der Waals surface area contributed by atoms with Gasteiger partial charge in [0.25, 0.3) is 0 Å². The highest BCUT2D eigenvalue weighted by Gasteiger charge is 2.47. The lowest BCUT2D eigenvalue weighted by atomic mass is 9.84. The molecule has 1 aromatic carbocycles. The van der Waals surface area contributed by atoms with E-state index in [4.69, 9.17) is 11.6 Å². The van der Waals surface area contributed by atoms with E-state index in [2.05, 4.69) is 19.2 Å². The molecule has 4 nitrogen and oxygen atoms in total. The van der Waals surface area contributed by atoms with Crippen LogP contribution in [-0.2, 0) is 5.60 Å². The predicted molar refractivity (Wildman–Crippen MR) is 91.5 cm³/mol. The molecule has 2 amide bonds. The zero-order chi connectivity index (χ0) is 16.7. The minimum atomic E-state index is -0.864. The summed E-state index contributed by atoms with van der Waals surface area (Å²) in [6, 6.07) is 7.35. The molecule has 0 unspecified atom stereocenters. The molecule has 5 heteroatoms. The number of rotatable bonds is 3. The van der Waals surface area contributed by atoms with Gasteiger partial charge in [-0.25, -0.2) is 4.79 Å². The molecule has 1 aromatic rings. The summed E-state index contributed by atoms with van der Waals surface area (Å²) < 4.78 is 0. The van der Waals surface area contributed by atoms with Crippen molar-refractivity contribution in [2.75, 3.05) is 13.1 Å². The Morgan fingerprint density at radius 1 is 1.17 bits per heavy atom. The second-order valence-electron chi connectivity index (χ2n) is 7.27. The smallest absolute Gasteiger partial charge is 0.317 e. The fraction of sp³-hybridized carbons (Fsp3) is 0.611. The molecular weight excluding hydrogens is 312 g/mol. The molecule has 2 fully saturated rings. The van der Waals surface area contributed by atoms with Crippen LogP contribution in [0.4, 0.5) is 4.79 Å². The minimum absolute atomic E-state index is 0.00100. The summed E-state index contributed by atoms with van der Waals surface area (Å²) in [6.45, 7) is 5.45. The number of nitrogens with zero attached hydrogens (tertiary/aromatic N) is 1. The molecule has 0 aromatic heterocycles. The number of hydrogen-bond acceptors (Lipinski definition) is 2. The van der Waals surface area contributed by atoms with Crippen molar-refractivity contribution in [3.05, 3.63) is 34.9 Å². The zero-order valence-electron chi connectivity index (χ0n) is 13.8. The highest BCUT2D eigenvalue weighted by Crippen LogP contribution is 2.42. The third-order valence-electron chi connectivity index (χ3n) is 5.51. The number of urea groups is 1. The van der Waals surface area contributed by atoms with E-state index >= 15 is 0 Å². The second kappa shape index (κ2) is 5.99. The summed E-state index contributed by atoms with van der Waals surface area (Å²) in [4.78, 5) is 14.3. The van der Waals surface area contributed by atoms with Crippen LogP contribution in [-0.4, -0.2) is 34.7 Å². The lowest BCUT2D eigenvalue weighted by molar-refractivity contribution is -0.0171. The Kier molecular flexibility index (Phi) is 4.32. The third-order valence-corrected chi connectivity index (χ3v) is 5.76.